The lowest BCUT2D eigenvalue weighted by Gasteiger charge is -2.26. The van der Waals surface area contributed by atoms with E-state index in [1.807, 2.05) is 0 Å². The number of aromatic carboxylic acids is 1. The third-order valence-electron chi connectivity index (χ3n) is 3.55. The van der Waals surface area contributed by atoms with Crippen LogP contribution < -0.4 is 0 Å². The molecular weight excluding hydrogens is 303 g/mol. The van der Waals surface area contributed by atoms with E-state index in [2.05, 4.69) is 11.9 Å². The minimum Gasteiger partial charge on any atom is -0.478 e. The van der Waals surface area contributed by atoms with Crippen LogP contribution in [0.25, 0.3) is 0 Å². The second-order valence-electron chi connectivity index (χ2n) is 5.36. The maximum absolute atomic E-state index is 12.7. The second kappa shape index (κ2) is 6.25. The van der Waals surface area contributed by atoms with Gasteiger partial charge in [-0.15, -0.1) is 11.8 Å². The molecule has 116 valence electrons. The van der Waals surface area contributed by atoms with Crippen LogP contribution in [0.3, 0.4) is 0 Å². The van der Waals surface area contributed by atoms with E-state index in [0.717, 1.165) is 49.6 Å². The number of hydrogen-bond donors (Lipinski definition) is 1. The minimum absolute atomic E-state index is 0.0311. The molecule has 0 radical (unpaired) electrons. The number of halogens is 3. The standard InChI is InChI=1S/C14H16F3NO2S/c1-8-3-2-4-9(7-8)21-12-10(13(19)20)5-6-11(18-12)14(15,16)17/h5-6,8-9H,2-4,7H2,1H3,(H,19,20). The normalized spacial score (nSPS) is 23.0. The Morgan fingerprint density at radius 2 is 2.10 bits per heavy atom. The van der Waals surface area contributed by atoms with E-state index >= 15 is 0 Å². The van der Waals surface area contributed by atoms with Crippen molar-refractivity contribution >= 4 is 17.7 Å². The maximum atomic E-state index is 12.7. The second-order valence-corrected chi connectivity index (χ2v) is 6.65. The molecule has 2 rings (SSSR count). The summed E-state index contributed by atoms with van der Waals surface area (Å²) in [6, 6.07) is 1.71. The fourth-order valence-electron chi connectivity index (χ4n) is 2.49. The summed E-state index contributed by atoms with van der Waals surface area (Å²) < 4.78 is 38.2. The van der Waals surface area contributed by atoms with Gasteiger partial charge in [0.25, 0.3) is 0 Å². The fraction of sp³-hybridized carbons (Fsp3) is 0.571. The molecule has 2 unspecified atom stereocenters. The van der Waals surface area contributed by atoms with Crippen molar-refractivity contribution in [1.82, 2.24) is 4.98 Å². The van der Waals surface area contributed by atoms with Crippen molar-refractivity contribution in [1.29, 1.82) is 0 Å². The Kier molecular flexibility index (Phi) is 4.81. The number of rotatable bonds is 3. The zero-order chi connectivity index (χ0) is 15.6. The summed E-state index contributed by atoms with van der Waals surface area (Å²) in [5, 5.41) is 9.20. The maximum Gasteiger partial charge on any atom is 0.433 e. The predicted octanol–water partition coefficient (Wildman–Crippen LogP) is 4.47. The van der Waals surface area contributed by atoms with E-state index in [1.165, 1.54) is 0 Å². The van der Waals surface area contributed by atoms with Crippen LogP contribution in [0.5, 0.6) is 0 Å². The van der Waals surface area contributed by atoms with Crippen molar-refractivity contribution in [3.63, 3.8) is 0 Å². The number of nitrogens with zero attached hydrogens (tertiary/aromatic N) is 1. The van der Waals surface area contributed by atoms with Crippen molar-refractivity contribution in [3.8, 4) is 0 Å². The predicted molar refractivity (Wildman–Crippen MR) is 73.5 cm³/mol. The van der Waals surface area contributed by atoms with Gasteiger partial charge < -0.3 is 5.11 Å². The lowest BCUT2D eigenvalue weighted by atomic mass is 9.91. The summed E-state index contributed by atoms with van der Waals surface area (Å²) in [4.78, 5) is 14.7. The third-order valence-corrected chi connectivity index (χ3v) is 4.84. The molecule has 1 heterocycles. The van der Waals surface area contributed by atoms with Crippen molar-refractivity contribution in [3.05, 3.63) is 23.4 Å². The molecule has 2 atom stereocenters. The summed E-state index contributed by atoms with van der Waals surface area (Å²) >= 11 is 1.16. The van der Waals surface area contributed by atoms with E-state index in [1.54, 1.807) is 0 Å². The molecule has 1 saturated carbocycles. The zero-order valence-electron chi connectivity index (χ0n) is 11.5. The number of alkyl halides is 3. The zero-order valence-corrected chi connectivity index (χ0v) is 12.3. The lowest BCUT2D eigenvalue weighted by molar-refractivity contribution is -0.141. The molecule has 7 heteroatoms. The Labute approximate surface area is 125 Å². The monoisotopic (exact) mass is 319 g/mol. The van der Waals surface area contributed by atoms with Crippen LogP contribution in [0.2, 0.25) is 0 Å². The van der Waals surface area contributed by atoms with E-state index < -0.39 is 17.8 Å². The molecule has 21 heavy (non-hydrogen) atoms. The summed E-state index contributed by atoms with van der Waals surface area (Å²) in [6.45, 7) is 2.10. The Bertz CT molecular complexity index is 533. The molecular formula is C14H16F3NO2S. The number of thioether (sulfide) groups is 1. The summed E-state index contributed by atoms with van der Waals surface area (Å²) in [6.07, 6.45) is -0.682. The lowest BCUT2D eigenvalue weighted by Crippen LogP contribution is -2.17. The van der Waals surface area contributed by atoms with E-state index in [0.29, 0.717) is 5.92 Å². The molecule has 3 nitrogen and oxygen atoms in total. The molecule has 1 fully saturated rings. The van der Waals surface area contributed by atoms with Crippen molar-refractivity contribution < 1.29 is 23.1 Å². The van der Waals surface area contributed by atoms with Gasteiger partial charge in [-0.2, -0.15) is 13.2 Å². The van der Waals surface area contributed by atoms with Gasteiger partial charge in [0.15, 0.2) is 0 Å². The summed E-state index contributed by atoms with van der Waals surface area (Å²) in [5.74, 6) is -0.738. The number of carbonyl (C=O) groups is 1. The first-order valence-electron chi connectivity index (χ1n) is 6.75. The van der Waals surface area contributed by atoms with Crippen molar-refractivity contribution in [2.24, 2.45) is 5.92 Å². The molecule has 1 aromatic rings. The van der Waals surface area contributed by atoms with Crippen LogP contribution in [0, 0.1) is 5.92 Å². The molecule has 0 spiro atoms. The number of aromatic nitrogens is 1. The van der Waals surface area contributed by atoms with Crippen molar-refractivity contribution in [2.75, 3.05) is 0 Å². The molecule has 0 amide bonds. The van der Waals surface area contributed by atoms with E-state index in [4.69, 9.17) is 5.11 Å². The van der Waals surface area contributed by atoms with Gasteiger partial charge in [0.05, 0.1) is 5.56 Å². The van der Waals surface area contributed by atoms with E-state index in [-0.39, 0.29) is 15.8 Å². The van der Waals surface area contributed by atoms with Gasteiger partial charge in [-0.25, -0.2) is 9.78 Å². The largest absolute Gasteiger partial charge is 0.478 e. The van der Waals surface area contributed by atoms with E-state index in [9.17, 15) is 18.0 Å². The first-order valence-corrected chi connectivity index (χ1v) is 7.63. The van der Waals surface area contributed by atoms with Gasteiger partial charge in [-0.1, -0.05) is 19.8 Å². The SMILES string of the molecule is CC1CCCC(Sc2nc(C(F)(F)F)ccc2C(=O)O)C1. The highest BCUT2D eigenvalue weighted by atomic mass is 32.2. The first kappa shape index (κ1) is 16.1. The summed E-state index contributed by atoms with van der Waals surface area (Å²) in [7, 11) is 0. The van der Waals surface area contributed by atoms with Crippen molar-refractivity contribution in [2.45, 2.75) is 49.1 Å². The minimum atomic E-state index is -4.56. The van der Waals surface area contributed by atoms with Gasteiger partial charge in [0, 0.05) is 5.25 Å². The quantitative estimate of drug-likeness (QED) is 0.893. The average molecular weight is 319 g/mol. The fourth-order valence-corrected chi connectivity index (χ4v) is 3.95. The van der Waals surface area contributed by atoms with Crippen LogP contribution in [0.1, 0.15) is 48.7 Å². The number of hydrogen-bond acceptors (Lipinski definition) is 3. The molecule has 0 bridgehead atoms. The summed E-state index contributed by atoms with van der Waals surface area (Å²) in [5.41, 5.74) is -1.20. The molecule has 0 aromatic carbocycles. The highest BCUT2D eigenvalue weighted by Crippen LogP contribution is 2.38. The molecule has 1 N–H and O–H groups in total. The molecule has 1 aliphatic carbocycles. The smallest absolute Gasteiger partial charge is 0.433 e. The Hall–Kier alpha value is -1.24. The highest BCUT2D eigenvalue weighted by molar-refractivity contribution is 7.99. The molecule has 0 aliphatic heterocycles. The van der Waals surface area contributed by atoms with Crippen LogP contribution in [-0.4, -0.2) is 21.3 Å². The van der Waals surface area contributed by atoms with Gasteiger partial charge in [0.1, 0.15) is 10.7 Å². The van der Waals surface area contributed by atoms with Crippen LogP contribution >= 0.6 is 11.8 Å². The molecule has 1 aromatic heterocycles. The number of carboxylic acid groups (broad SMARTS) is 1. The molecule has 1 aliphatic rings. The third kappa shape index (κ3) is 4.12. The Morgan fingerprint density at radius 1 is 1.38 bits per heavy atom. The Balaban J connectivity index is 2.28. The molecule has 0 saturated heterocycles. The Morgan fingerprint density at radius 3 is 2.67 bits per heavy atom. The van der Waals surface area contributed by atoms with Crippen LogP contribution in [0.4, 0.5) is 13.2 Å². The van der Waals surface area contributed by atoms with Gasteiger partial charge >= 0.3 is 12.1 Å². The first-order chi connectivity index (χ1) is 9.77. The topological polar surface area (TPSA) is 50.2 Å². The number of pyridine rings is 1. The highest BCUT2D eigenvalue weighted by Gasteiger charge is 2.34. The van der Waals surface area contributed by atoms with Gasteiger partial charge in [-0.3, -0.25) is 0 Å². The van der Waals surface area contributed by atoms with Crippen LogP contribution in [0.15, 0.2) is 17.2 Å². The van der Waals surface area contributed by atoms with Gasteiger partial charge in [-0.05, 0) is 30.9 Å². The van der Waals surface area contributed by atoms with Gasteiger partial charge in [0.2, 0.25) is 0 Å². The number of carboxylic acids is 1. The average Bonchev–Trinajstić information content (AvgIpc) is 2.37. The van der Waals surface area contributed by atoms with Crippen LogP contribution in [-0.2, 0) is 6.18 Å².